The number of hydrogen-bond donors (Lipinski definition) is 1. The molecule has 1 aliphatic rings. The second-order valence-electron chi connectivity index (χ2n) is 3.98. The normalized spacial score (nSPS) is 24.7. The first kappa shape index (κ1) is 11.0. The summed E-state index contributed by atoms with van der Waals surface area (Å²) < 4.78 is 0. The summed E-state index contributed by atoms with van der Waals surface area (Å²) >= 11 is 0. The van der Waals surface area contributed by atoms with Gasteiger partial charge in [0.1, 0.15) is 0 Å². The average molecular weight is 184 g/mol. The lowest BCUT2D eigenvalue weighted by Gasteiger charge is -2.29. The Morgan fingerprint density at radius 2 is 2.15 bits per heavy atom. The second-order valence-corrected chi connectivity index (χ2v) is 3.98. The lowest BCUT2D eigenvalue weighted by Crippen LogP contribution is -2.41. The Bertz CT molecular complexity index is 117. The van der Waals surface area contributed by atoms with Gasteiger partial charge in [-0.1, -0.05) is 20.3 Å². The Morgan fingerprint density at radius 1 is 1.31 bits per heavy atom. The lowest BCUT2D eigenvalue weighted by molar-refractivity contribution is 0.197. The molecule has 2 heteroatoms. The van der Waals surface area contributed by atoms with Crippen molar-refractivity contribution < 1.29 is 0 Å². The zero-order valence-electron chi connectivity index (χ0n) is 9.18. The molecule has 1 unspecified atom stereocenters. The number of hydrogen-bond acceptors (Lipinski definition) is 2. The molecule has 1 N–H and O–H groups in total. The van der Waals surface area contributed by atoms with Crippen molar-refractivity contribution >= 4 is 0 Å². The van der Waals surface area contributed by atoms with Crippen LogP contribution in [-0.4, -0.2) is 37.1 Å². The van der Waals surface area contributed by atoms with Crippen LogP contribution in [0.5, 0.6) is 0 Å². The predicted molar refractivity (Wildman–Crippen MR) is 58.0 cm³/mol. The van der Waals surface area contributed by atoms with E-state index >= 15 is 0 Å². The molecule has 0 bridgehead atoms. The molecule has 0 aliphatic carbocycles. The van der Waals surface area contributed by atoms with Crippen LogP contribution in [0.25, 0.3) is 0 Å². The van der Waals surface area contributed by atoms with E-state index in [4.69, 9.17) is 0 Å². The van der Waals surface area contributed by atoms with Crippen LogP contribution in [0.2, 0.25) is 0 Å². The highest BCUT2D eigenvalue weighted by molar-refractivity contribution is 4.75. The van der Waals surface area contributed by atoms with Gasteiger partial charge in [-0.3, -0.25) is 4.90 Å². The molecule has 1 heterocycles. The fourth-order valence-corrected chi connectivity index (χ4v) is 2.20. The average Bonchev–Trinajstić information content (AvgIpc) is 2.42. The van der Waals surface area contributed by atoms with Gasteiger partial charge in [0.05, 0.1) is 0 Å². The van der Waals surface area contributed by atoms with Gasteiger partial charge in [-0.2, -0.15) is 0 Å². The van der Waals surface area contributed by atoms with Crippen LogP contribution < -0.4 is 5.32 Å². The topological polar surface area (TPSA) is 15.3 Å². The van der Waals surface area contributed by atoms with Crippen molar-refractivity contribution in [2.45, 2.75) is 45.6 Å². The summed E-state index contributed by atoms with van der Waals surface area (Å²) in [4.78, 5) is 2.62. The monoisotopic (exact) mass is 184 g/mol. The molecule has 1 saturated heterocycles. The van der Waals surface area contributed by atoms with E-state index in [-0.39, 0.29) is 0 Å². The first-order valence-electron chi connectivity index (χ1n) is 5.83. The van der Waals surface area contributed by atoms with Crippen LogP contribution in [0.1, 0.15) is 39.5 Å². The summed E-state index contributed by atoms with van der Waals surface area (Å²) in [6.07, 6.45) is 5.43. The van der Waals surface area contributed by atoms with Gasteiger partial charge in [0.25, 0.3) is 0 Å². The Morgan fingerprint density at radius 3 is 2.85 bits per heavy atom. The van der Waals surface area contributed by atoms with Crippen molar-refractivity contribution in [2.75, 3.05) is 26.2 Å². The van der Waals surface area contributed by atoms with Gasteiger partial charge in [0.2, 0.25) is 0 Å². The van der Waals surface area contributed by atoms with Crippen molar-refractivity contribution in [3.8, 4) is 0 Å². The van der Waals surface area contributed by atoms with Crippen LogP contribution in [0.15, 0.2) is 0 Å². The second kappa shape index (κ2) is 6.39. The molecule has 1 aliphatic heterocycles. The van der Waals surface area contributed by atoms with E-state index in [2.05, 4.69) is 24.1 Å². The summed E-state index contributed by atoms with van der Waals surface area (Å²) in [5.41, 5.74) is 0. The summed E-state index contributed by atoms with van der Waals surface area (Å²) in [6.45, 7) is 9.45. The van der Waals surface area contributed by atoms with E-state index in [0.29, 0.717) is 0 Å². The van der Waals surface area contributed by atoms with Crippen molar-refractivity contribution in [2.24, 2.45) is 0 Å². The number of rotatable bonds is 4. The van der Waals surface area contributed by atoms with Crippen LogP contribution >= 0.6 is 0 Å². The molecule has 0 aromatic carbocycles. The minimum atomic E-state index is 0.799. The van der Waals surface area contributed by atoms with Crippen molar-refractivity contribution in [3.05, 3.63) is 0 Å². The quantitative estimate of drug-likeness (QED) is 0.717. The molecule has 0 radical (unpaired) electrons. The highest BCUT2D eigenvalue weighted by atomic mass is 15.2. The summed E-state index contributed by atoms with van der Waals surface area (Å²) in [5, 5.41) is 3.53. The third-order valence-corrected chi connectivity index (χ3v) is 2.95. The van der Waals surface area contributed by atoms with Gasteiger partial charge in [-0.15, -0.1) is 0 Å². The van der Waals surface area contributed by atoms with Crippen LogP contribution in [0.3, 0.4) is 0 Å². The molecule has 1 fully saturated rings. The number of nitrogens with one attached hydrogen (secondary N) is 1. The van der Waals surface area contributed by atoms with Gasteiger partial charge in [-0.25, -0.2) is 0 Å². The standard InChI is InChI=1S/C11H24N2/c1-3-9-13(4-2)11-7-5-6-8-12-10-11/h11-12H,3-10H2,1-2H3. The minimum Gasteiger partial charge on any atom is -0.315 e. The number of likely N-dealkylation sites (N-methyl/N-ethyl adjacent to an activating group) is 1. The van der Waals surface area contributed by atoms with E-state index in [0.717, 1.165) is 6.04 Å². The SMILES string of the molecule is CCCN(CC)C1CCCCNC1. The zero-order chi connectivity index (χ0) is 9.52. The third-order valence-electron chi connectivity index (χ3n) is 2.95. The maximum atomic E-state index is 3.53. The maximum Gasteiger partial charge on any atom is 0.0220 e. The highest BCUT2D eigenvalue weighted by Crippen LogP contribution is 2.11. The first-order chi connectivity index (χ1) is 6.38. The van der Waals surface area contributed by atoms with E-state index in [1.807, 2.05) is 0 Å². The van der Waals surface area contributed by atoms with E-state index in [1.54, 1.807) is 0 Å². The molecule has 0 aromatic rings. The van der Waals surface area contributed by atoms with Crippen molar-refractivity contribution in [1.82, 2.24) is 10.2 Å². The van der Waals surface area contributed by atoms with E-state index in [9.17, 15) is 0 Å². The summed E-state index contributed by atoms with van der Waals surface area (Å²) in [7, 11) is 0. The highest BCUT2D eigenvalue weighted by Gasteiger charge is 2.17. The van der Waals surface area contributed by atoms with Gasteiger partial charge >= 0.3 is 0 Å². The lowest BCUT2D eigenvalue weighted by atomic mass is 10.1. The van der Waals surface area contributed by atoms with Gasteiger partial charge < -0.3 is 5.32 Å². The van der Waals surface area contributed by atoms with Crippen LogP contribution in [0.4, 0.5) is 0 Å². The molecule has 13 heavy (non-hydrogen) atoms. The Labute approximate surface area is 82.7 Å². The van der Waals surface area contributed by atoms with Crippen LogP contribution in [0, 0.1) is 0 Å². The van der Waals surface area contributed by atoms with Gasteiger partial charge in [-0.05, 0) is 38.9 Å². The van der Waals surface area contributed by atoms with Gasteiger partial charge in [0, 0.05) is 12.6 Å². The molecule has 0 aromatic heterocycles. The fourth-order valence-electron chi connectivity index (χ4n) is 2.20. The largest absolute Gasteiger partial charge is 0.315 e. The Hall–Kier alpha value is -0.0800. The van der Waals surface area contributed by atoms with Gasteiger partial charge in [0.15, 0.2) is 0 Å². The summed E-state index contributed by atoms with van der Waals surface area (Å²) in [6, 6.07) is 0.799. The zero-order valence-corrected chi connectivity index (χ0v) is 9.18. The third kappa shape index (κ3) is 3.65. The number of nitrogens with zero attached hydrogens (tertiary/aromatic N) is 1. The minimum absolute atomic E-state index is 0.799. The molecule has 0 saturated carbocycles. The van der Waals surface area contributed by atoms with Crippen molar-refractivity contribution in [3.63, 3.8) is 0 Å². The molecule has 2 nitrogen and oxygen atoms in total. The molecule has 0 spiro atoms. The van der Waals surface area contributed by atoms with E-state index < -0.39 is 0 Å². The van der Waals surface area contributed by atoms with Crippen molar-refractivity contribution in [1.29, 1.82) is 0 Å². The maximum absolute atomic E-state index is 3.53. The van der Waals surface area contributed by atoms with E-state index in [1.165, 1.54) is 51.9 Å². The molecular formula is C11H24N2. The molecular weight excluding hydrogens is 160 g/mol. The fraction of sp³-hybridized carbons (Fsp3) is 1.00. The molecule has 1 atom stereocenters. The molecule has 78 valence electrons. The Balaban J connectivity index is 2.35. The first-order valence-corrected chi connectivity index (χ1v) is 5.83. The summed E-state index contributed by atoms with van der Waals surface area (Å²) in [5.74, 6) is 0. The smallest absolute Gasteiger partial charge is 0.0220 e. The Kier molecular flexibility index (Phi) is 5.40. The van der Waals surface area contributed by atoms with Crippen LogP contribution in [-0.2, 0) is 0 Å². The molecule has 0 amide bonds. The predicted octanol–water partition coefficient (Wildman–Crippen LogP) is 1.86. The molecule has 1 rings (SSSR count).